The molecule has 0 bridgehead atoms. The molecule has 3 heterocycles. The fraction of sp³-hybridized carbons (Fsp3) is 0.0417. The first-order chi connectivity index (χ1) is 16.0. The number of nitrogens with zero attached hydrogens (tertiary/aromatic N) is 1. The highest BCUT2D eigenvalue weighted by Crippen LogP contribution is 2.33. The van der Waals surface area contributed by atoms with E-state index in [2.05, 4.69) is 15.3 Å². The molecule has 9 heteroatoms. The Morgan fingerprint density at radius 3 is 2.76 bits per heavy atom. The average Bonchev–Trinajstić information content (AvgIpc) is 3.43. The molecule has 164 valence electrons. The molecule has 0 aliphatic heterocycles. The second-order valence-corrected chi connectivity index (χ2v) is 9.56. The van der Waals surface area contributed by atoms with Gasteiger partial charge in [0.15, 0.2) is 5.76 Å². The van der Waals surface area contributed by atoms with E-state index in [0.717, 1.165) is 21.7 Å². The quantitative estimate of drug-likeness (QED) is 0.241. The average molecular weight is 476 g/mol. The standard InChI is InChI=1S/C24H17N3O4S2/c28-23(26-17-5-6-18-15(10-17)11-19(27-18)24(29)30)21-12-16-9-14(4-7-20(16)31-21)13-32-33-22-3-1-2-8-25-22/h1-12,27H,13H2,(H,26,28)(H,29,30). The van der Waals surface area contributed by atoms with Crippen LogP contribution in [-0.4, -0.2) is 27.0 Å². The molecule has 0 unspecified atom stereocenters. The fourth-order valence-electron chi connectivity index (χ4n) is 3.37. The van der Waals surface area contributed by atoms with E-state index < -0.39 is 5.97 Å². The first-order valence-electron chi connectivity index (χ1n) is 9.95. The number of hydrogen-bond donors (Lipinski definition) is 3. The van der Waals surface area contributed by atoms with E-state index in [0.29, 0.717) is 22.2 Å². The lowest BCUT2D eigenvalue weighted by Gasteiger charge is -2.03. The Morgan fingerprint density at radius 2 is 1.94 bits per heavy atom. The SMILES string of the molecule is O=C(O)c1cc2cc(NC(=O)c3cc4cc(CSSc5ccccn5)ccc4o3)ccc2[nH]1. The molecule has 0 aliphatic rings. The molecule has 3 aromatic heterocycles. The number of hydrogen-bond acceptors (Lipinski definition) is 6. The fourth-order valence-corrected chi connectivity index (χ4v) is 5.34. The number of benzene rings is 2. The molecular formula is C24H17N3O4S2. The zero-order valence-electron chi connectivity index (χ0n) is 17.1. The van der Waals surface area contributed by atoms with Gasteiger partial charge in [-0.25, -0.2) is 9.78 Å². The van der Waals surface area contributed by atoms with E-state index >= 15 is 0 Å². The van der Waals surface area contributed by atoms with Crippen LogP contribution in [0.1, 0.15) is 26.6 Å². The number of amides is 1. The van der Waals surface area contributed by atoms with Crippen molar-refractivity contribution in [2.24, 2.45) is 0 Å². The van der Waals surface area contributed by atoms with Gasteiger partial charge in [0.25, 0.3) is 5.91 Å². The summed E-state index contributed by atoms with van der Waals surface area (Å²) in [5, 5.41) is 14.4. The number of nitrogens with one attached hydrogen (secondary N) is 2. The van der Waals surface area contributed by atoms with Gasteiger partial charge in [0, 0.05) is 33.9 Å². The lowest BCUT2D eigenvalue weighted by Crippen LogP contribution is -2.10. The summed E-state index contributed by atoms with van der Waals surface area (Å²) >= 11 is 0. The molecule has 5 aromatic rings. The van der Waals surface area contributed by atoms with Gasteiger partial charge in [-0.1, -0.05) is 22.9 Å². The van der Waals surface area contributed by atoms with E-state index in [-0.39, 0.29) is 17.4 Å². The summed E-state index contributed by atoms with van der Waals surface area (Å²) in [5.41, 5.74) is 3.08. The third kappa shape index (κ3) is 4.74. The first kappa shape index (κ1) is 21.2. The number of furan rings is 1. The van der Waals surface area contributed by atoms with Gasteiger partial charge in [-0.05, 0) is 71.0 Å². The maximum Gasteiger partial charge on any atom is 0.352 e. The van der Waals surface area contributed by atoms with Crippen LogP contribution < -0.4 is 5.32 Å². The van der Waals surface area contributed by atoms with Crippen molar-refractivity contribution in [3.8, 4) is 0 Å². The van der Waals surface area contributed by atoms with Gasteiger partial charge < -0.3 is 19.8 Å². The van der Waals surface area contributed by atoms with Crippen LogP contribution in [0.4, 0.5) is 5.69 Å². The molecule has 0 saturated carbocycles. The zero-order chi connectivity index (χ0) is 22.8. The molecule has 0 atom stereocenters. The van der Waals surface area contributed by atoms with Crippen LogP contribution in [0.15, 0.2) is 82.4 Å². The Labute approximate surface area is 196 Å². The normalized spacial score (nSPS) is 11.2. The first-order valence-corrected chi connectivity index (χ1v) is 12.3. The van der Waals surface area contributed by atoms with E-state index in [1.807, 2.05) is 36.4 Å². The lowest BCUT2D eigenvalue weighted by atomic mass is 10.2. The van der Waals surface area contributed by atoms with Gasteiger partial charge in [0.2, 0.25) is 0 Å². The van der Waals surface area contributed by atoms with Crippen LogP contribution in [-0.2, 0) is 5.75 Å². The van der Waals surface area contributed by atoms with Crippen LogP contribution in [0.5, 0.6) is 0 Å². The molecule has 1 amide bonds. The summed E-state index contributed by atoms with van der Waals surface area (Å²) in [6.45, 7) is 0. The molecule has 5 rings (SSSR count). The number of carboxylic acid groups (broad SMARTS) is 1. The maximum atomic E-state index is 12.7. The van der Waals surface area contributed by atoms with Crippen molar-refractivity contribution in [2.45, 2.75) is 10.8 Å². The number of aromatic nitrogens is 2. The molecule has 0 saturated heterocycles. The summed E-state index contributed by atoms with van der Waals surface area (Å²) in [7, 11) is 3.31. The minimum Gasteiger partial charge on any atom is -0.477 e. The number of anilines is 1. The molecule has 2 aromatic carbocycles. The van der Waals surface area contributed by atoms with Crippen molar-refractivity contribution >= 4 is 61.0 Å². The summed E-state index contributed by atoms with van der Waals surface area (Å²) in [6.07, 6.45) is 1.77. The monoisotopic (exact) mass is 475 g/mol. The number of H-pyrrole nitrogens is 1. The summed E-state index contributed by atoms with van der Waals surface area (Å²) in [6, 6.07) is 20.1. The van der Waals surface area contributed by atoms with Gasteiger partial charge in [-0.3, -0.25) is 4.79 Å². The highest BCUT2D eigenvalue weighted by atomic mass is 33.1. The van der Waals surface area contributed by atoms with Crippen LogP contribution >= 0.6 is 21.6 Å². The third-order valence-electron chi connectivity index (χ3n) is 4.92. The molecule has 0 radical (unpaired) electrons. The van der Waals surface area contributed by atoms with Gasteiger partial charge in [0.1, 0.15) is 16.3 Å². The molecule has 0 spiro atoms. The van der Waals surface area contributed by atoms with Crippen molar-refractivity contribution in [3.63, 3.8) is 0 Å². The van der Waals surface area contributed by atoms with Gasteiger partial charge in [-0.15, -0.1) is 0 Å². The largest absolute Gasteiger partial charge is 0.477 e. The molecule has 33 heavy (non-hydrogen) atoms. The molecular weight excluding hydrogens is 458 g/mol. The van der Waals surface area contributed by atoms with Gasteiger partial charge in [-0.2, -0.15) is 0 Å². The summed E-state index contributed by atoms with van der Waals surface area (Å²) < 4.78 is 5.74. The van der Waals surface area contributed by atoms with Gasteiger partial charge in [0.05, 0.1) is 0 Å². The van der Waals surface area contributed by atoms with Crippen molar-refractivity contribution in [2.75, 3.05) is 5.32 Å². The van der Waals surface area contributed by atoms with Crippen LogP contribution in [0, 0.1) is 0 Å². The number of carbonyl (C=O) groups excluding carboxylic acids is 1. The number of carboxylic acids is 1. The topological polar surface area (TPSA) is 108 Å². The molecule has 0 aliphatic carbocycles. The summed E-state index contributed by atoms with van der Waals surface area (Å²) in [5.74, 6) is -0.412. The smallest absolute Gasteiger partial charge is 0.352 e. The Balaban J connectivity index is 1.27. The third-order valence-corrected chi connectivity index (χ3v) is 7.12. The number of rotatable bonds is 7. The van der Waals surface area contributed by atoms with E-state index in [1.54, 1.807) is 52.1 Å². The maximum absolute atomic E-state index is 12.7. The second kappa shape index (κ2) is 9.05. The number of pyridine rings is 1. The van der Waals surface area contributed by atoms with Crippen molar-refractivity contribution < 1.29 is 19.1 Å². The highest BCUT2D eigenvalue weighted by molar-refractivity contribution is 8.76. The number of aromatic amines is 1. The molecule has 3 N–H and O–H groups in total. The van der Waals surface area contributed by atoms with Gasteiger partial charge >= 0.3 is 5.97 Å². The van der Waals surface area contributed by atoms with E-state index in [4.69, 9.17) is 9.52 Å². The minimum absolute atomic E-state index is 0.0955. The number of fused-ring (bicyclic) bond motifs is 2. The lowest BCUT2D eigenvalue weighted by molar-refractivity contribution is 0.0691. The molecule has 0 fully saturated rings. The Kier molecular flexibility index (Phi) is 5.80. The van der Waals surface area contributed by atoms with Crippen molar-refractivity contribution in [1.82, 2.24) is 9.97 Å². The molecule has 7 nitrogen and oxygen atoms in total. The Bertz CT molecular complexity index is 1480. The Hall–Kier alpha value is -3.69. The Morgan fingerprint density at radius 1 is 1.03 bits per heavy atom. The van der Waals surface area contributed by atoms with Crippen LogP contribution in [0.25, 0.3) is 21.9 Å². The number of carbonyl (C=O) groups is 2. The highest BCUT2D eigenvalue weighted by Gasteiger charge is 2.14. The van der Waals surface area contributed by atoms with Crippen molar-refractivity contribution in [1.29, 1.82) is 0 Å². The number of aromatic carboxylic acids is 1. The summed E-state index contributed by atoms with van der Waals surface area (Å²) in [4.78, 5) is 31.0. The second-order valence-electron chi connectivity index (χ2n) is 7.24. The predicted molar refractivity (Wildman–Crippen MR) is 131 cm³/mol. The zero-order valence-corrected chi connectivity index (χ0v) is 18.7. The van der Waals surface area contributed by atoms with Crippen LogP contribution in [0.3, 0.4) is 0 Å². The predicted octanol–water partition coefficient (Wildman–Crippen LogP) is 6.20. The van der Waals surface area contributed by atoms with E-state index in [9.17, 15) is 9.59 Å². The van der Waals surface area contributed by atoms with E-state index in [1.165, 1.54) is 6.07 Å². The van der Waals surface area contributed by atoms with Crippen molar-refractivity contribution in [3.05, 3.63) is 89.9 Å². The van der Waals surface area contributed by atoms with Crippen LogP contribution in [0.2, 0.25) is 0 Å². The minimum atomic E-state index is -1.04.